The van der Waals surface area contributed by atoms with E-state index in [9.17, 15) is 0 Å². The van der Waals surface area contributed by atoms with Gasteiger partial charge in [-0.2, -0.15) is 0 Å². The van der Waals surface area contributed by atoms with Gasteiger partial charge in [-0.25, -0.2) is 0 Å². The molecule has 1 N–H and O–H groups in total. The zero-order chi connectivity index (χ0) is 14.4. The van der Waals surface area contributed by atoms with Gasteiger partial charge in [0.2, 0.25) is 0 Å². The summed E-state index contributed by atoms with van der Waals surface area (Å²) >= 11 is 0. The molecule has 0 aliphatic heterocycles. The van der Waals surface area contributed by atoms with Crippen molar-refractivity contribution in [2.45, 2.75) is 33.2 Å². The lowest BCUT2D eigenvalue weighted by atomic mass is 9.92. The summed E-state index contributed by atoms with van der Waals surface area (Å²) in [6.45, 7) is 7.25. The van der Waals surface area contributed by atoms with Gasteiger partial charge in [0.05, 0.1) is 7.11 Å². The molecule has 0 bridgehead atoms. The molecule has 2 atom stereocenters. The van der Waals surface area contributed by atoms with Crippen molar-refractivity contribution in [3.8, 4) is 5.75 Å². The third-order valence-electron chi connectivity index (χ3n) is 3.60. The molecule has 1 aromatic carbocycles. The van der Waals surface area contributed by atoms with Gasteiger partial charge in [-0.1, -0.05) is 13.0 Å². The van der Waals surface area contributed by atoms with Crippen molar-refractivity contribution in [1.29, 1.82) is 0 Å². The van der Waals surface area contributed by atoms with Crippen LogP contribution in [0.4, 0.5) is 0 Å². The molecule has 0 fully saturated rings. The predicted molar refractivity (Wildman–Crippen MR) is 79.9 cm³/mol. The van der Waals surface area contributed by atoms with E-state index in [-0.39, 0.29) is 0 Å². The van der Waals surface area contributed by atoms with E-state index >= 15 is 0 Å². The van der Waals surface area contributed by atoms with Crippen molar-refractivity contribution >= 4 is 0 Å². The van der Waals surface area contributed by atoms with Crippen molar-refractivity contribution in [3.05, 3.63) is 28.8 Å². The number of rotatable bonds is 7. The Kier molecular flexibility index (Phi) is 6.32. The number of methoxy groups -OCH3 is 2. The van der Waals surface area contributed by atoms with Gasteiger partial charge in [0, 0.05) is 19.8 Å². The first-order valence-electron chi connectivity index (χ1n) is 6.84. The summed E-state index contributed by atoms with van der Waals surface area (Å²) in [5.41, 5.74) is 3.80. The van der Waals surface area contributed by atoms with E-state index < -0.39 is 0 Å². The molecule has 1 aromatic rings. The smallest absolute Gasteiger partial charge is 0.122 e. The topological polar surface area (TPSA) is 30.5 Å². The molecule has 0 aliphatic rings. The number of nitrogens with one attached hydrogen (secondary N) is 1. The Morgan fingerprint density at radius 1 is 1.16 bits per heavy atom. The number of hydrogen-bond donors (Lipinski definition) is 1. The Morgan fingerprint density at radius 3 is 2.37 bits per heavy atom. The van der Waals surface area contributed by atoms with Crippen molar-refractivity contribution in [1.82, 2.24) is 5.32 Å². The van der Waals surface area contributed by atoms with Crippen molar-refractivity contribution < 1.29 is 9.47 Å². The fourth-order valence-corrected chi connectivity index (χ4v) is 2.56. The molecule has 0 radical (unpaired) electrons. The first-order chi connectivity index (χ1) is 9.03. The highest BCUT2D eigenvalue weighted by Crippen LogP contribution is 2.29. The van der Waals surface area contributed by atoms with E-state index in [2.05, 4.69) is 38.2 Å². The van der Waals surface area contributed by atoms with Crippen LogP contribution in [0.2, 0.25) is 0 Å². The number of benzene rings is 1. The lowest BCUT2D eigenvalue weighted by Crippen LogP contribution is -2.21. The highest BCUT2D eigenvalue weighted by atomic mass is 16.5. The molecule has 3 heteroatoms. The van der Waals surface area contributed by atoms with Gasteiger partial charge in [-0.15, -0.1) is 0 Å². The molecule has 0 aliphatic carbocycles. The van der Waals surface area contributed by atoms with Gasteiger partial charge in [-0.3, -0.25) is 0 Å². The second-order valence-corrected chi connectivity index (χ2v) is 5.32. The fourth-order valence-electron chi connectivity index (χ4n) is 2.56. The minimum atomic E-state index is 0.356. The monoisotopic (exact) mass is 265 g/mol. The highest BCUT2D eigenvalue weighted by Gasteiger charge is 2.17. The zero-order valence-corrected chi connectivity index (χ0v) is 13.0. The van der Waals surface area contributed by atoms with Crippen LogP contribution in [0.1, 0.15) is 36.1 Å². The highest BCUT2D eigenvalue weighted by molar-refractivity contribution is 5.42. The van der Waals surface area contributed by atoms with Crippen LogP contribution in [0.15, 0.2) is 12.1 Å². The Morgan fingerprint density at radius 2 is 1.84 bits per heavy atom. The summed E-state index contributed by atoms with van der Waals surface area (Å²) in [7, 11) is 5.49. The molecule has 19 heavy (non-hydrogen) atoms. The lowest BCUT2D eigenvalue weighted by Gasteiger charge is -2.23. The van der Waals surface area contributed by atoms with E-state index in [1.807, 2.05) is 7.05 Å². The zero-order valence-electron chi connectivity index (χ0n) is 13.0. The summed E-state index contributed by atoms with van der Waals surface area (Å²) < 4.78 is 10.6. The quantitative estimate of drug-likeness (QED) is 0.821. The molecular formula is C16H27NO2. The predicted octanol–water partition coefficient (Wildman–Crippen LogP) is 3.25. The maximum Gasteiger partial charge on any atom is 0.122 e. The normalized spacial score (nSPS) is 14.2. The van der Waals surface area contributed by atoms with Gasteiger partial charge >= 0.3 is 0 Å². The largest absolute Gasteiger partial charge is 0.496 e. The second kappa shape index (κ2) is 7.51. The molecule has 0 aromatic heterocycles. The van der Waals surface area contributed by atoms with Crippen LogP contribution < -0.4 is 10.1 Å². The van der Waals surface area contributed by atoms with Crippen LogP contribution in [0, 0.1) is 19.8 Å². The maximum atomic E-state index is 5.37. The van der Waals surface area contributed by atoms with Crippen LogP contribution in [0.3, 0.4) is 0 Å². The molecule has 0 spiro atoms. The van der Waals surface area contributed by atoms with E-state index in [0.717, 1.165) is 18.8 Å². The van der Waals surface area contributed by atoms with Crippen LogP contribution in [0.5, 0.6) is 5.75 Å². The summed E-state index contributed by atoms with van der Waals surface area (Å²) in [6.07, 6.45) is 1.07. The molecule has 1 rings (SSSR count). The molecule has 0 saturated heterocycles. The molecule has 0 heterocycles. The van der Waals surface area contributed by atoms with E-state index in [1.165, 1.54) is 16.7 Å². The fraction of sp³-hybridized carbons (Fsp3) is 0.625. The molecule has 0 saturated carbocycles. The van der Waals surface area contributed by atoms with Crippen LogP contribution >= 0.6 is 0 Å². The summed E-state index contributed by atoms with van der Waals surface area (Å²) in [4.78, 5) is 0. The maximum absolute atomic E-state index is 5.37. The standard InChI is InChI=1S/C16H27NO2/c1-11(10-18-5)7-15(17-4)14-8-13(3)16(19-6)9-12(14)2/h8-9,11,15,17H,7,10H2,1-6H3. The van der Waals surface area contributed by atoms with Gasteiger partial charge in [0.1, 0.15) is 5.75 Å². The molecular weight excluding hydrogens is 238 g/mol. The first kappa shape index (κ1) is 16.0. The van der Waals surface area contributed by atoms with Crippen molar-refractivity contribution in [2.75, 3.05) is 27.9 Å². The number of ether oxygens (including phenoxy) is 2. The summed E-state index contributed by atoms with van der Waals surface area (Å²) in [5.74, 6) is 1.49. The van der Waals surface area contributed by atoms with Crippen LogP contribution in [0.25, 0.3) is 0 Å². The van der Waals surface area contributed by atoms with E-state index in [1.54, 1.807) is 14.2 Å². The Labute approximate surface area is 117 Å². The van der Waals surface area contributed by atoms with Crippen molar-refractivity contribution in [2.24, 2.45) is 5.92 Å². The minimum absolute atomic E-state index is 0.356. The van der Waals surface area contributed by atoms with Crippen LogP contribution in [-0.2, 0) is 4.74 Å². The lowest BCUT2D eigenvalue weighted by molar-refractivity contribution is 0.150. The molecule has 108 valence electrons. The number of aryl methyl sites for hydroxylation is 2. The second-order valence-electron chi connectivity index (χ2n) is 5.32. The summed E-state index contributed by atoms with van der Waals surface area (Å²) in [6, 6.07) is 4.71. The summed E-state index contributed by atoms with van der Waals surface area (Å²) in [5, 5.41) is 3.42. The van der Waals surface area contributed by atoms with Crippen molar-refractivity contribution in [3.63, 3.8) is 0 Å². The minimum Gasteiger partial charge on any atom is -0.496 e. The van der Waals surface area contributed by atoms with E-state index in [0.29, 0.717) is 12.0 Å². The Bertz CT molecular complexity index is 404. The Balaban J connectivity index is 2.95. The van der Waals surface area contributed by atoms with E-state index in [4.69, 9.17) is 9.47 Å². The average molecular weight is 265 g/mol. The van der Waals surface area contributed by atoms with Crippen LogP contribution in [-0.4, -0.2) is 27.9 Å². The van der Waals surface area contributed by atoms with Gasteiger partial charge in [0.15, 0.2) is 0 Å². The Hall–Kier alpha value is -1.06. The molecule has 2 unspecified atom stereocenters. The number of hydrogen-bond acceptors (Lipinski definition) is 3. The van der Waals surface area contributed by atoms with Gasteiger partial charge in [0.25, 0.3) is 0 Å². The average Bonchev–Trinajstić information content (AvgIpc) is 2.38. The van der Waals surface area contributed by atoms with Gasteiger partial charge < -0.3 is 14.8 Å². The molecule has 3 nitrogen and oxygen atoms in total. The first-order valence-corrected chi connectivity index (χ1v) is 6.84. The molecule has 0 amide bonds. The SMILES string of the molecule is CNC(CC(C)COC)c1cc(C)c(OC)cc1C. The third-order valence-corrected chi connectivity index (χ3v) is 3.60. The third kappa shape index (κ3) is 4.22. The van der Waals surface area contributed by atoms with Gasteiger partial charge in [-0.05, 0) is 56.0 Å².